The Balaban J connectivity index is 3.47. The van der Waals surface area contributed by atoms with Crippen LogP contribution in [-0.2, 0) is 9.53 Å². The third kappa shape index (κ3) is 5.67. The van der Waals surface area contributed by atoms with Crippen LogP contribution in [0.2, 0.25) is 0 Å². The maximum absolute atomic E-state index is 10.8. The first-order chi connectivity index (χ1) is 6.11. The van der Waals surface area contributed by atoms with E-state index in [0.717, 1.165) is 24.7 Å². The fraction of sp³-hybridized carbons (Fsp3) is 0.909. The molecule has 0 bridgehead atoms. The second-order valence-electron chi connectivity index (χ2n) is 3.83. The van der Waals surface area contributed by atoms with E-state index in [0.29, 0.717) is 6.42 Å². The average Bonchev–Trinajstić information content (AvgIpc) is 2.15. The first-order valence-corrected chi connectivity index (χ1v) is 5.18. The summed E-state index contributed by atoms with van der Waals surface area (Å²) in [7, 11) is 1.44. The zero-order valence-electron chi connectivity index (χ0n) is 9.30. The summed E-state index contributed by atoms with van der Waals surface area (Å²) >= 11 is 0. The van der Waals surface area contributed by atoms with Gasteiger partial charge in [0.05, 0.1) is 7.11 Å². The van der Waals surface area contributed by atoms with Crippen molar-refractivity contribution in [3.8, 4) is 0 Å². The van der Waals surface area contributed by atoms with Crippen LogP contribution in [0.3, 0.4) is 0 Å². The number of methoxy groups -OCH3 is 1. The van der Waals surface area contributed by atoms with Crippen molar-refractivity contribution in [3.63, 3.8) is 0 Å². The maximum Gasteiger partial charge on any atom is 0.305 e. The number of rotatable bonds is 6. The van der Waals surface area contributed by atoms with Crippen LogP contribution < -0.4 is 0 Å². The number of hydrogen-bond donors (Lipinski definition) is 0. The van der Waals surface area contributed by atoms with Gasteiger partial charge in [0.1, 0.15) is 0 Å². The third-order valence-electron chi connectivity index (χ3n) is 2.88. The SMILES string of the molecule is CC[C@@H](C)[C@@H](C)CCCC(=O)OC. The molecule has 0 aromatic heterocycles. The maximum atomic E-state index is 10.8. The molecule has 78 valence electrons. The van der Waals surface area contributed by atoms with Crippen molar-refractivity contribution in [1.82, 2.24) is 0 Å². The molecule has 2 nitrogen and oxygen atoms in total. The lowest BCUT2D eigenvalue weighted by Gasteiger charge is -2.17. The molecule has 0 rings (SSSR count). The van der Waals surface area contributed by atoms with E-state index in [9.17, 15) is 4.79 Å². The van der Waals surface area contributed by atoms with Gasteiger partial charge < -0.3 is 4.74 Å². The van der Waals surface area contributed by atoms with Crippen LogP contribution in [-0.4, -0.2) is 13.1 Å². The summed E-state index contributed by atoms with van der Waals surface area (Å²) in [6.45, 7) is 6.73. The predicted octanol–water partition coefficient (Wildman–Crippen LogP) is 3.01. The van der Waals surface area contributed by atoms with E-state index in [2.05, 4.69) is 25.5 Å². The molecule has 0 spiro atoms. The van der Waals surface area contributed by atoms with Crippen molar-refractivity contribution >= 4 is 5.97 Å². The summed E-state index contributed by atoms with van der Waals surface area (Å²) in [4.78, 5) is 10.8. The van der Waals surface area contributed by atoms with Gasteiger partial charge in [-0.1, -0.05) is 27.2 Å². The van der Waals surface area contributed by atoms with E-state index >= 15 is 0 Å². The van der Waals surface area contributed by atoms with Gasteiger partial charge >= 0.3 is 5.97 Å². The number of esters is 1. The highest BCUT2D eigenvalue weighted by Crippen LogP contribution is 2.20. The summed E-state index contributed by atoms with van der Waals surface area (Å²) in [6, 6.07) is 0. The van der Waals surface area contributed by atoms with Gasteiger partial charge in [-0.05, 0) is 24.7 Å². The summed E-state index contributed by atoms with van der Waals surface area (Å²) in [6.07, 6.45) is 3.87. The quantitative estimate of drug-likeness (QED) is 0.596. The number of ether oxygens (including phenoxy) is 1. The van der Waals surface area contributed by atoms with Gasteiger partial charge in [-0.3, -0.25) is 4.79 Å². The van der Waals surface area contributed by atoms with Crippen LogP contribution in [0.5, 0.6) is 0 Å². The fourth-order valence-electron chi connectivity index (χ4n) is 1.36. The Morgan fingerprint density at radius 3 is 2.38 bits per heavy atom. The Morgan fingerprint density at radius 1 is 1.31 bits per heavy atom. The van der Waals surface area contributed by atoms with Gasteiger partial charge in [-0.25, -0.2) is 0 Å². The molecule has 13 heavy (non-hydrogen) atoms. The number of carbonyl (C=O) groups excluding carboxylic acids is 1. The van der Waals surface area contributed by atoms with E-state index in [1.54, 1.807) is 0 Å². The average molecular weight is 186 g/mol. The van der Waals surface area contributed by atoms with Gasteiger partial charge in [0.15, 0.2) is 0 Å². The standard InChI is InChI=1S/C11H22O2/c1-5-9(2)10(3)7-6-8-11(12)13-4/h9-10H,5-8H2,1-4H3/t9-,10+/m1/s1. The molecule has 0 aromatic rings. The summed E-state index contributed by atoms with van der Waals surface area (Å²) < 4.78 is 4.58. The molecule has 0 unspecified atom stereocenters. The predicted molar refractivity (Wildman–Crippen MR) is 54.5 cm³/mol. The topological polar surface area (TPSA) is 26.3 Å². The number of carbonyl (C=O) groups is 1. The third-order valence-corrected chi connectivity index (χ3v) is 2.88. The van der Waals surface area contributed by atoms with Crippen molar-refractivity contribution in [2.45, 2.75) is 46.5 Å². The van der Waals surface area contributed by atoms with Crippen LogP contribution in [0.1, 0.15) is 46.5 Å². The van der Waals surface area contributed by atoms with E-state index in [1.807, 2.05) is 0 Å². The lowest BCUT2D eigenvalue weighted by atomic mass is 9.89. The Morgan fingerprint density at radius 2 is 1.92 bits per heavy atom. The normalized spacial score (nSPS) is 15.1. The minimum Gasteiger partial charge on any atom is -0.469 e. The van der Waals surface area contributed by atoms with Crippen LogP contribution in [0.4, 0.5) is 0 Å². The monoisotopic (exact) mass is 186 g/mol. The molecule has 0 radical (unpaired) electrons. The Bertz CT molecular complexity index is 143. The lowest BCUT2D eigenvalue weighted by molar-refractivity contribution is -0.140. The van der Waals surface area contributed by atoms with E-state index in [4.69, 9.17) is 0 Å². The Kier molecular flexibility index (Phi) is 6.65. The smallest absolute Gasteiger partial charge is 0.305 e. The molecule has 0 aliphatic heterocycles. The van der Waals surface area contributed by atoms with Crippen molar-refractivity contribution in [1.29, 1.82) is 0 Å². The highest BCUT2D eigenvalue weighted by molar-refractivity contribution is 5.68. The van der Waals surface area contributed by atoms with Gasteiger partial charge in [-0.2, -0.15) is 0 Å². The van der Waals surface area contributed by atoms with E-state index in [1.165, 1.54) is 13.5 Å². The van der Waals surface area contributed by atoms with Crippen LogP contribution in [0.15, 0.2) is 0 Å². The Hall–Kier alpha value is -0.530. The van der Waals surface area contributed by atoms with Crippen LogP contribution >= 0.6 is 0 Å². The van der Waals surface area contributed by atoms with Crippen molar-refractivity contribution in [2.24, 2.45) is 11.8 Å². The van der Waals surface area contributed by atoms with Gasteiger partial charge in [-0.15, -0.1) is 0 Å². The minimum absolute atomic E-state index is 0.0867. The molecule has 0 aliphatic carbocycles. The highest BCUT2D eigenvalue weighted by atomic mass is 16.5. The second kappa shape index (κ2) is 6.93. The molecule has 0 saturated heterocycles. The molecule has 2 heteroatoms. The Labute approximate surface area is 81.7 Å². The lowest BCUT2D eigenvalue weighted by Crippen LogP contribution is -2.08. The molecule has 0 saturated carbocycles. The highest BCUT2D eigenvalue weighted by Gasteiger charge is 2.10. The molecule has 0 fully saturated rings. The van der Waals surface area contributed by atoms with Crippen molar-refractivity contribution in [2.75, 3.05) is 7.11 Å². The fourth-order valence-corrected chi connectivity index (χ4v) is 1.36. The first-order valence-electron chi connectivity index (χ1n) is 5.18. The largest absolute Gasteiger partial charge is 0.469 e. The molecule has 0 amide bonds. The molecule has 0 N–H and O–H groups in total. The van der Waals surface area contributed by atoms with Gasteiger partial charge in [0.25, 0.3) is 0 Å². The number of hydrogen-bond acceptors (Lipinski definition) is 2. The molecular formula is C11H22O2. The van der Waals surface area contributed by atoms with E-state index in [-0.39, 0.29) is 5.97 Å². The van der Waals surface area contributed by atoms with Gasteiger partial charge in [0, 0.05) is 6.42 Å². The zero-order chi connectivity index (χ0) is 10.3. The van der Waals surface area contributed by atoms with Crippen molar-refractivity contribution < 1.29 is 9.53 Å². The molecule has 0 heterocycles. The zero-order valence-corrected chi connectivity index (χ0v) is 9.30. The molecule has 0 aromatic carbocycles. The van der Waals surface area contributed by atoms with Crippen molar-refractivity contribution in [3.05, 3.63) is 0 Å². The van der Waals surface area contributed by atoms with E-state index < -0.39 is 0 Å². The first kappa shape index (κ1) is 12.5. The minimum atomic E-state index is -0.0867. The van der Waals surface area contributed by atoms with Crippen LogP contribution in [0, 0.1) is 11.8 Å². The molecule has 0 aliphatic rings. The van der Waals surface area contributed by atoms with Crippen LogP contribution in [0.25, 0.3) is 0 Å². The summed E-state index contributed by atoms with van der Waals surface area (Å²) in [5.74, 6) is 1.39. The summed E-state index contributed by atoms with van der Waals surface area (Å²) in [5.41, 5.74) is 0. The molecule has 2 atom stereocenters. The molecular weight excluding hydrogens is 164 g/mol. The second-order valence-corrected chi connectivity index (χ2v) is 3.83. The summed E-state index contributed by atoms with van der Waals surface area (Å²) in [5, 5.41) is 0. The van der Waals surface area contributed by atoms with Gasteiger partial charge in [0.2, 0.25) is 0 Å².